The number of urea groups is 1. The molecular weight excluding hydrogens is 276 g/mol. The lowest BCUT2D eigenvalue weighted by Crippen LogP contribution is -2.36. The molecule has 0 saturated carbocycles. The van der Waals surface area contributed by atoms with E-state index in [1.165, 1.54) is 26.4 Å². The van der Waals surface area contributed by atoms with Crippen molar-refractivity contribution in [1.82, 2.24) is 5.32 Å². The lowest BCUT2D eigenvalue weighted by atomic mass is 10.1. The lowest BCUT2D eigenvalue weighted by molar-refractivity contribution is 0.0697. The van der Waals surface area contributed by atoms with Gasteiger partial charge in [-0.3, -0.25) is 0 Å². The number of hydrogen-bond acceptors (Lipinski definition) is 4. The number of hydrogen-bond donors (Lipinski definition) is 3. The molecule has 0 radical (unpaired) electrons. The Kier molecular flexibility index (Phi) is 5.83. The average molecular weight is 296 g/mol. The van der Waals surface area contributed by atoms with Crippen LogP contribution in [0.2, 0.25) is 0 Å². The first-order valence-electron chi connectivity index (χ1n) is 6.49. The van der Waals surface area contributed by atoms with Crippen molar-refractivity contribution in [1.29, 1.82) is 0 Å². The van der Waals surface area contributed by atoms with Crippen LogP contribution in [0.3, 0.4) is 0 Å². The Morgan fingerprint density at radius 1 is 1.24 bits per heavy atom. The number of carboxylic acids is 1. The number of rotatable bonds is 6. The SMILES string of the molecule is CCC(C)NC(=O)Nc1cc(OC)c(OC)cc1C(=O)O. The Hall–Kier alpha value is -2.44. The zero-order valence-electron chi connectivity index (χ0n) is 12.5. The third-order valence-electron chi connectivity index (χ3n) is 2.99. The molecule has 7 heteroatoms. The molecule has 0 aromatic heterocycles. The minimum atomic E-state index is -1.17. The fourth-order valence-corrected chi connectivity index (χ4v) is 1.64. The minimum absolute atomic E-state index is 0.0154. The van der Waals surface area contributed by atoms with Crippen molar-refractivity contribution in [3.8, 4) is 11.5 Å². The fraction of sp³-hybridized carbons (Fsp3) is 0.429. The van der Waals surface area contributed by atoms with Gasteiger partial charge in [0, 0.05) is 18.2 Å². The molecule has 0 fully saturated rings. The molecule has 0 heterocycles. The van der Waals surface area contributed by atoms with Gasteiger partial charge in [-0.05, 0) is 13.3 Å². The molecule has 0 aliphatic heterocycles. The first kappa shape index (κ1) is 16.6. The predicted molar refractivity (Wildman–Crippen MR) is 78.4 cm³/mol. The van der Waals surface area contributed by atoms with E-state index in [0.29, 0.717) is 5.75 Å². The van der Waals surface area contributed by atoms with Crippen LogP contribution in [0.4, 0.5) is 10.5 Å². The highest BCUT2D eigenvalue weighted by molar-refractivity contribution is 6.01. The van der Waals surface area contributed by atoms with Crippen LogP contribution in [0.5, 0.6) is 11.5 Å². The lowest BCUT2D eigenvalue weighted by Gasteiger charge is -2.16. The van der Waals surface area contributed by atoms with Gasteiger partial charge in [0.15, 0.2) is 11.5 Å². The monoisotopic (exact) mass is 296 g/mol. The molecule has 2 amide bonds. The summed E-state index contributed by atoms with van der Waals surface area (Å²) in [6.07, 6.45) is 0.769. The maximum absolute atomic E-state index is 11.8. The summed E-state index contributed by atoms with van der Waals surface area (Å²) in [4.78, 5) is 23.1. The second kappa shape index (κ2) is 7.37. The van der Waals surface area contributed by atoms with Crippen molar-refractivity contribution in [2.24, 2.45) is 0 Å². The van der Waals surface area contributed by atoms with E-state index in [0.717, 1.165) is 6.42 Å². The van der Waals surface area contributed by atoms with Crippen LogP contribution in [-0.4, -0.2) is 37.4 Å². The van der Waals surface area contributed by atoms with Gasteiger partial charge >= 0.3 is 12.0 Å². The molecule has 1 aromatic carbocycles. The normalized spacial score (nSPS) is 11.4. The molecular formula is C14H20N2O5. The van der Waals surface area contributed by atoms with E-state index in [9.17, 15) is 14.7 Å². The number of carbonyl (C=O) groups is 2. The number of methoxy groups -OCH3 is 2. The summed E-state index contributed by atoms with van der Waals surface area (Å²) in [5.74, 6) is -0.557. The van der Waals surface area contributed by atoms with E-state index in [-0.39, 0.29) is 23.0 Å². The zero-order chi connectivity index (χ0) is 16.0. The van der Waals surface area contributed by atoms with Crippen LogP contribution in [0.15, 0.2) is 12.1 Å². The first-order chi connectivity index (χ1) is 9.92. The molecule has 0 aliphatic carbocycles. The maximum Gasteiger partial charge on any atom is 0.337 e. The highest BCUT2D eigenvalue weighted by Crippen LogP contribution is 2.33. The zero-order valence-corrected chi connectivity index (χ0v) is 12.5. The number of anilines is 1. The Balaban J connectivity index is 3.09. The Morgan fingerprint density at radius 2 is 1.81 bits per heavy atom. The Bertz CT molecular complexity index is 530. The molecule has 0 aliphatic rings. The van der Waals surface area contributed by atoms with E-state index in [2.05, 4.69) is 10.6 Å². The van der Waals surface area contributed by atoms with Gasteiger partial charge in [-0.1, -0.05) is 6.92 Å². The third kappa shape index (κ3) is 4.27. The molecule has 0 spiro atoms. The van der Waals surface area contributed by atoms with Crippen molar-refractivity contribution in [2.75, 3.05) is 19.5 Å². The number of carboxylic acid groups (broad SMARTS) is 1. The van der Waals surface area contributed by atoms with E-state index >= 15 is 0 Å². The van der Waals surface area contributed by atoms with Crippen LogP contribution < -0.4 is 20.1 Å². The van der Waals surface area contributed by atoms with Crippen molar-refractivity contribution in [3.05, 3.63) is 17.7 Å². The molecule has 116 valence electrons. The molecule has 1 unspecified atom stereocenters. The standard InChI is InChI=1S/C14H20N2O5/c1-5-8(2)15-14(19)16-10-7-12(21-4)11(20-3)6-9(10)13(17)18/h6-8H,5H2,1-4H3,(H,17,18)(H2,15,16,19). The quantitative estimate of drug-likeness (QED) is 0.748. The Labute approximate surface area is 123 Å². The molecule has 1 aromatic rings. The summed E-state index contributed by atoms with van der Waals surface area (Å²) in [5, 5.41) is 14.4. The van der Waals surface area contributed by atoms with Crippen LogP contribution in [-0.2, 0) is 0 Å². The highest BCUT2D eigenvalue weighted by atomic mass is 16.5. The van der Waals surface area contributed by atoms with Gasteiger partial charge in [0.05, 0.1) is 25.5 Å². The van der Waals surface area contributed by atoms with Gasteiger partial charge in [-0.25, -0.2) is 9.59 Å². The molecule has 0 saturated heterocycles. The van der Waals surface area contributed by atoms with Gasteiger partial charge in [0.1, 0.15) is 0 Å². The summed E-state index contributed by atoms with van der Waals surface area (Å²) in [6, 6.07) is 2.23. The molecule has 1 atom stereocenters. The van der Waals surface area contributed by atoms with Gasteiger partial charge in [-0.2, -0.15) is 0 Å². The number of benzene rings is 1. The fourth-order valence-electron chi connectivity index (χ4n) is 1.64. The topological polar surface area (TPSA) is 96.9 Å². The van der Waals surface area contributed by atoms with Crippen LogP contribution in [0.1, 0.15) is 30.6 Å². The van der Waals surface area contributed by atoms with Crippen molar-refractivity contribution in [3.63, 3.8) is 0 Å². The van der Waals surface area contributed by atoms with Crippen LogP contribution >= 0.6 is 0 Å². The van der Waals surface area contributed by atoms with Crippen molar-refractivity contribution < 1.29 is 24.2 Å². The second-order valence-corrected chi connectivity index (χ2v) is 4.47. The second-order valence-electron chi connectivity index (χ2n) is 4.47. The number of nitrogens with one attached hydrogen (secondary N) is 2. The predicted octanol–water partition coefficient (Wildman–Crippen LogP) is 2.32. The van der Waals surface area contributed by atoms with Crippen molar-refractivity contribution in [2.45, 2.75) is 26.3 Å². The molecule has 0 bridgehead atoms. The third-order valence-corrected chi connectivity index (χ3v) is 2.99. The summed E-state index contributed by atoms with van der Waals surface area (Å²) < 4.78 is 10.2. The molecule has 3 N–H and O–H groups in total. The summed E-state index contributed by atoms with van der Waals surface area (Å²) >= 11 is 0. The first-order valence-corrected chi connectivity index (χ1v) is 6.49. The molecule has 7 nitrogen and oxygen atoms in total. The van der Waals surface area contributed by atoms with Crippen molar-refractivity contribution >= 4 is 17.7 Å². The number of aromatic carboxylic acids is 1. The smallest absolute Gasteiger partial charge is 0.337 e. The van der Waals surface area contributed by atoms with Gasteiger partial charge < -0.3 is 25.2 Å². The van der Waals surface area contributed by atoms with Crippen LogP contribution in [0, 0.1) is 0 Å². The highest BCUT2D eigenvalue weighted by Gasteiger charge is 2.18. The summed E-state index contributed by atoms with van der Waals surface area (Å²) in [6.45, 7) is 3.79. The average Bonchev–Trinajstić information content (AvgIpc) is 2.45. The van der Waals surface area contributed by atoms with Gasteiger partial charge in [-0.15, -0.1) is 0 Å². The maximum atomic E-state index is 11.8. The largest absolute Gasteiger partial charge is 0.493 e. The van der Waals surface area contributed by atoms with Gasteiger partial charge in [0.25, 0.3) is 0 Å². The number of carbonyl (C=O) groups excluding carboxylic acids is 1. The number of amides is 2. The molecule has 21 heavy (non-hydrogen) atoms. The van der Waals surface area contributed by atoms with E-state index in [1.54, 1.807) is 0 Å². The van der Waals surface area contributed by atoms with E-state index in [1.807, 2.05) is 13.8 Å². The number of ether oxygens (including phenoxy) is 2. The van der Waals surface area contributed by atoms with E-state index in [4.69, 9.17) is 9.47 Å². The minimum Gasteiger partial charge on any atom is -0.493 e. The Morgan fingerprint density at radius 3 is 2.29 bits per heavy atom. The summed E-state index contributed by atoms with van der Waals surface area (Å²) in [5.41, 5.74) is 0.0629. The van der Waals surface area contributed by atoms with E-state index < -0.39 is 12.0 Å². The molecule has 1 rings (SSSR count). The van der Waals surface area contributed by atoms with Crippen LogP contribution in [0.25, 0.3) is 0 Å². The summed E-state index contributed by atoms with van der Waals surface area (Å²) in [7, 11) is 2.84. The van der Waals surface area contributed by atoms with Gasteiger partial charge in [0.2, 0.25) is 0 Å².